The molecule has 176 valence electrons. The van der Waals surface area contributed by atoms with Gasteiger partial charge in [-0.15, -0.1) is 0 Å². The second-order valence-corrected chi connectivity index (χ2v) is 8.80. The predicted molar refractivity (Wildman–Crippen MR) is 108 cm³/mol. The van der Waals surface area contributed by atoms with Gasteiger partial charge < -0.3 is 19.5 Å². The molecular weight excluding hydrogens is 468 g/mol. The van der Waals surface area contributed by atoms with Crippen molar-refractivity contribution in [2.75, 3.05) is 18.4 Å². The SMILES string of the molecule is COC(=O)c1c(NS(=O)c2ccc(F)cc2CNC(=O)C(F)(F)F)ccc2c1OCC1CC21. The summed E-state index contributed by atoms with van der Waals surface area (Å²) in [6.45, 7) is -0.270. The first kappa shape index (κ1) is 23.0. The van der Waals surface area contributed by atoms with E-state index in [2.05, 4.69) is 4.72 Å². The molecule has 1 amide bonds. The maximum atomic E-state index is 13.7. The molecule has 1 aliphatic heterocycles. The summed E-state index contributed by atoms with van der Waals surface area (Å²) in [6, 6.07) is 6.27. The van der Waals surface area contributed by atoms with Gasteiger partial charge in [0.25, 0.3) is 0 Å². The molecular formula is C21H18F4N2O5S. The standard InChI is InChI=1S/C21H18F4N2O5S/c1-31-19(28)17-15(4-3-13-14-7-11(14)9-32-18(13)17)27-33(30)16-5-2-12(22)6-10(16)8-26-20(29)21(23,24)25/h2-6,11,14,27H,7-9H2,1H3,(H,26,29). The highest BCUT2D eigenvalue weighted by Crippen LogP contribution is 2.55. The Kier molecular flexibility index (Phi) is 6.04. The number of anilines is 1. The molecule has 0 spiro atoms. The van der Waals surface area contributed by atoms with Crippen molar-refractivity contribution in [2.45, 2.75) is 30.0 Å². The molecule has 7 nitrogen and oxygen atoms in total. The zero-order chi connectivity index (χ0) is 23.9. The summed E-state index contributed by atoms with van der Waals surface area (Å²) in [5.41, 5.74) is 0.878. The first-order chi connectivity index (χ1) is 15.6. The fourth-order valence-electron chi connectivity index (χ4n) is 3.74. The number of hydrogen-bond donors (Lipinski definition) is 2. The normalized spacial score (nSPS) is 19.4. The molecule has 33 heavy (non-hydrogen) atoms. The monoisotopic (exact) mass is 486 g/mol. The number of alkyl halides is 3. The van der Waals surface area contributed by atoms with Gasteiger partial charge in [-0.05, 0) is 47.7 Å². The second kappa shape index (κ2) is 8.65. The van der Waals surface area contributed by atoms with Crippen molar-refractivity contribution in [3.63, 3.8) is 0 Å². The van der Waals surface area contributed by atoms with Crippen LogP contribution in [-0.4, -0.2) is 36.0 Å². The molecule has 12 heteroatoms. The highest BCUT2D eigenvalue weighted by Gasteiger charge is 2.45. The van der Waals surface area contributed by atoms with Gasteiger partial charge in [0.05, 0.1) is 24.3 Å². The zero-order valence-corrected chi connectivity index (χ0v) is 17.9. The van der Waals surface area contributed by atoms with Crippen molar-refractivity contribution in [3.8, 4) is 5.75 Å². The van der Waals surface area contributed by atoms with Crippen molar-refractivity contribution in [1.82, 2.24) is 5.32 Å². The molecule has 1 aliphatic carbocycles. The molecule has 2 aromatic carbocycles. The Bertz CT molecular complexity index is 1150. The van der Waals surface area contributed by atoms with E-state index in [1.807, 2.05) is 0 Å². The van der Waals surface area contributed by atoms with Crippen LogP contribution in [0.4, 0.5) is 23.2 Å². The van der Waals surface area contributed by atoms with Crippen LogP contribution in [0, 0.1) is 11.7 Å². The van der Waals surface area contributed by atoms with Crippen LogP contribution in [-0.2, 0) is 27.1 Å². The summed E-state index contributed by atoms with van der Waals surface area (Å²) in [5, 5.41) is 1.63. The third-order valence-electron chi connectivity index (χ3n) is 5.46. The minimum atomic E-state index is -5.12. The lowest BCUT2D eigenvalue weighted by Gasteiger charge is -2.22. The molecule has 1 saturated carbocycles. The third kappa shape index (κ3) is 4.65. The van der Waals surface area contributed by atoms with Gasteiger partial charge in [-0.1, -0.05) is 6.07 Å². The Balaban J connectivity index is 1.63. The van der Waals surface area contributed by atoms with E-state index in [-0.39, 0.29) is 27.6 Å². The van der Waals surface area contributed by atoms with Crippen LogP contribution < -0.4 is 14.8 Å². The molecule has 0 saturated heterocycles. The minimum Gasteiger partial charge on any atom is -0.492 e. The Morgan fingerprint density at radius 1 is 1.24 bits per heavy atom. The molecule has 2 aliphatic rings. The molecule has 1 heterocycles. The highest BCUT2D eigenvalue weighted by molar-refractivity contribution is 7.86. The number of ether oxygens (including phenoxy) is 2. The van der Waals surface area contributed by atoms with Crippen LogP contribution in [0.2, 0.25) is 0 Å². The van der Waals surface area contributed by atoms with Crippen LogP contribution >= 0.6 is 0 Å². The summed E-state index contributed by atoms with van der Waals surface area (Å²) >= 11 is 0. The average Bonchev–Trinajstić information content (AvgIpc) is 3.56. The van der Waals surface area contributed by atoms with E-state index in [9.17, 15) is 31.4 Å². The van der Waals surface area contributed by atoms with Crippen LogP contribution in [0.15, 0.2) is 35.2 Å². The number of esters is 1. The van der Waals surface area contributed by atoms with Crippen molar-refractivity contribution >= 4 is 28.5 Å². The topological polar surface area (TPSA) is 93.7 Å². The number of rotatable bonds is 6. The number of hydrogen-bond acceptors (Lipinski definition) is 5. The summed E-state index contributed by atoms with van der Waals surface area (Å²) in [7, 11) is -0.943. The summed E-state index contributed by atoms with van der Waals surface area (Å²) in [5.74, 6) is -2.72. The summed E-state index contributed by atoms with van der Waals surface area (Å²) in [6.07, 6.45) is -4.18. The largest absolute Gasteiger partial charge is 0.492 e. The van der Waals surface area contributed by atoms with Crippen LogP contribution in [0.3, 0.4) is 0 Å². The van der Waals surface area contributed by atoms with E-state index in [0.29, 0.717) is 18.3 Å². The smallest absolute Gasteiger partial charge is 0.471 e. The van der Waals surface area contributed by atoms with Gasteiger partial charge >= 0.3 is 18.1 Å². The van der Waals surface area contributed by atoms with Gasteiger partial charge in [0, 0.05) is 12.5 Å². The quantitative estimate of drug-likeness (QED) is 0.482. The van der Waals surface area contributed by atoms with E-state index in [1.54, 1.807) is 17.4 Å². The molecule has 1 fully saturated rings. The number of carbonyl (C=O) groups excluding carboxylic acids is 2. The van der Waals surface area contributed by atoms with Gasteiger partial charge in [-0.3, -0.25) is 4.79 Å². The van der Waals surface area contributed by atoms with E-state index in [0.717, 1.165) is 30.2 Å². The third-order valence-corrected chi connectivity index (χ3v) is 6.67. The van der Waals surface area contributed by atoms with Gasteiger partial charge in [-0.2, -0.15) is 13.2 Å². The predicted octanol–water partition coefficient (Wildman–Crippen LogP) is 3.42. The first-order valence-corrected chi connectivity index (χ1v) is 10.9. The van der Waals surface area contributed by atoms with Gasteiger partial charge in [0.1, 0.15) is 17.1 Å². The Hall–Kier alpha value is -3.15. The van der Waals surface area contributed by atoms with E-state index in [1.165, 1.54) is 7.11 Å². The minimum absolute atomic E-state index is 0.0442. The van der Waals surface area contributed by atoms with Gasteiger partial charge in [0.2, 0.25) is 0 Å². The molecule has 3 atom stereocenters. The number of methoxy groups -OCH3 is 1. The van der Waals surface area contributed by atoms with E-state index in [4.69, 9.17) is 9.47 Å². The van der Waals surface area contributed by atoms with Crippen molar-refractivity contribution < 1.29 is 40.8 Å². The summed E-state index contributed by atoms with van der Waals surface area (Å²) in [4.78, 5) is 23.5. The molecule has 0 aromatic heterocycles. The molecule has 4 rings (SSSR count). The van der Waals surface area contributed by atoms with Crippen LogP contribution in [0.1, 0.15) is 33.8 Å². The second-order valence-electron chi connectivity index (χ2n) is 7.61. The van der Waals surface area contributed by atoms with Crippen molar-refractivity contribution in [2.24, 2.45) is 5.92 Å². The van der Waals surface area contributed by atoms with E-state index < -0.39 is 41.4 Å². The fraction of sp³-hybridized carbons (Fsp3) is 0.333. The summed E-state index contributed by atoms with van der Waals surface area (Å²) < 4.78 is 77.4. The zero-order valence-electron chi connectivity index (χ0n) is 17.1. The molecule has 0 bridgehead atoms. The number of nitrogens with one attached hydrogen (secondary N) is 2. The molecule has 2 aromatic rings. The highest BCUT2D eigenvalue weighted by atomic mass is 32.2. The van der Waals surface area contributed by atoms with Crippen molar-refractivity contribution in [3.05, 3.63) is 52.8 Å². The van der Waals surface area contributed by atoms with Gasteiger partial charge in [0.15, 0.2) is 11.0 Å². The Morgan fingerprint density at radius 3 is 2.70 bits per heavy atom. The number of amides is 1. The van der Waals surface area contributed by atoms with Crippen LogP contribution in [0.25, 0.3) is 0 Å². The molecule has 0 radical (unpaired) electrons. The number of fused-ring (bicyclic) bond motifs is 3. The Labute approximate surface area is 188 Å². The maximum Gasteiger partial charge on any atom is 0.471 e. The fourth-order valence-corrected chi connectivity index (χ4v) is 4.78. The number of halogens is 4. The van der Waals surface area contributed by atoms with Gasteiger partial charge in [-0.25, -0.2) is 13.4 Å². The average molecular weight is 486 g/mol. The van der Waals surface area contributed by atoms with Crippen molar-refractivity contribution in [1.29, 1.82) is 0 Å². The molecule has 2 N–H and O–H groups in total. The molecule has 3 unspecified atom stereocenters. The van der Waals surface area contributed by atoms with E-state index >= 15 is 0 Å². The first-order valence-electron chi connectivity index (χ1n) is 9.80. The maximum absolute atomic E-state index is 13.7. The number of carbonyl (C=O) groups is 2. The Morgan fingerprint density at radius 2 is 2.00 bits per heavy atom. The lowest BCUT2D eigenvalue weighted by atomic mass is 10.0. The van der Waals surface area contributed by atoms with Crippen LogP contribution in [0.5, 0.6) is 5.75 Å². The lowest BCUT2D eigenvalue weighted by Crippen LogP contribution is -2.36. The number of benzene rings is 2. The lowest BCUT2D eigenvalue weighted by molar-refractivity contribution is -0.173.